The first-order valence-corrected chi connectivity index (χ1v) is 9.34. The summed E-state index contributed by atoms with van der Waals surface area (Å²) in [6, 6.07) is 4.67. The molecule has 0 aliphatic carbocycles. The molecule has 1 aromatic carbocycles. The Morgan fingerprint density at radius 3 is 2.54 bits per heavy atom. The molecule has 1 N–H and O–H groups in total. The Hall–Kier alpha value is -2.65. The van der Waals surface area contributed by atoms with Crippen molar-refractivity contribution in [3.05, 3.63) is 53.6 Å². The van der Waals surface area contributed by atoms with Crippen LogP contribution in [0.4, 0.5) is 8.78 Å². The molecule has 3 rings (SSSR count). The van der Waals surface area contributed by atoms with Gasteiger partial charge < -0.3 is 9.63 Å². The molecule has 136 valence electrons. The van der Waals surface area contributed by atoms with Gasteiger partial charge in [0.25, 0.3) is 0 Å². The minimum absolute atomic E-state index is 0.0417. The van der Waals surface area contributed by atoms with E-state index < -0.39 is 33.0 Å². The van der Waals surface area contributed by atoms with Crippen molar-refractivity contribution in [3.63, 3.8) is 0 Å². The van der Waals surface area contributed by atoms with Crippen LogP contribution >= 0.6 is 0 Å². The number of aromatic nitrogens is 2. The number of hydrogen-bond donors (Lipinski definition) is 1. The summed E-state index contributed by atoms with van der Waals surface area (Å²) < 4.78 is 57.1. The number of nitrogens with zero attached hydrogens (tertiary/aromatic N) is 2. The van der Waals surface area contributed by atoms with Crippen LogP contribution in [0.3, 0.4) is 0 Å². The molecule has 0 amide bonds. The first-order chi connectivity index (χ1) is 12.2. The number of benzene rings is 1. The minimum Gasteiger partial charge on any atom is -0.388 e. The zero-order valence-electron chi connectivity index (χ0n) is 13.8. The van der Waals surface area contributed by atoms with Gasteiger partial charge in [0.05, 0.1) is 5.56 Å². The summed E-state index contributed by atoms with van der Waals surface area (Å²) in [6.45, 7) is 1.10. The Labute approximate surface area is 148 Å². The maximum atomic E-state index is 14.6. The predicted molar refractivity (Wildman–Crippen MR) is 88.9 cm³/mol. The largest absolute Gasteiger partial charge is 0.388 e. The lowest BCUT2D eigenvalue weighted by Gasteiger charge is -2.09. The molecule has 0 aliphatic heterocycles. The summed E-state index contributed by atoms with van der Waals surface area (Å²) >= 11 is 0. The molecule has 0 unspecified atom stereocenters. The molecule has 26 heavy (non-hydrogen) atoms. The predicted octanol–water partition coefficient (Wildman–Crippen LogP) is 2.89. The van der Waals surface area contributed by atoms with Crippen molar-refractivity contribution in [2.45, 2.75) is 18.4 Å². The van der Waals surface area contributed by atoms with Crippen molar-refractivity contribution in [2.75, 3.05) is 6.26 Å². The molecule has 9 heteroatoms. The van der Waals surface area contributed by atoms with Gasteiger partial charge >= 0.3 is 0 Å². The van der Waals surface area contributed by atoms with Gasteiger partial charge in [-0.2, -0.15) is 0 Å². The molecule has 2 heterocycles. The van der Waals surface area contributed by atoms with E-state index in [1.165, 1.54) is 0 Å². The number of aliphatic hydroxyl groups excluding tert-OH is 1. The Kier molecular flexibility index (Phi) is 4.59. The summed E-state index contributed by atoms with van der Waals surface area (Å²) in [5, 5.41) is 13.3. The second kappa shape index (κ2) is 6.58. The molecular weight excluding hydrogens is 366 g/mol. The highest BCUT2D eigenvalue weighted by Crippen LogP contribution is 2.38. The lowest BCUT2D eigenvalue weighted by atomic mass is 9.98. The Bertz CT molecular complexity index is 1090. The number of halogens is 2. The average molecular weight is 380 g/mol. The number of rotatable bonds is 4. The topological polar surface area (TPSA) is 93.3 Å². The van der Waals surface area contributed by atoms with Crippen LogP contribution in [0, 0.1) is 18.6 Å². The number of hydrogen-bond acceptors (Lipinski definition) is 6. The van der Waals surface area contributed by atoms with Crippen LogP contribution in [0.2, 0.25) is 0 Å². The molecule has 0 bridgehead atoms. The SMILES string of the molecule is Cc1ncccc1-c1noc(CO)c1-c1cc(F)c(S(C)(=O)=O)cc1F. The standard InChI is InChI=1S/C17H14F2N2O4S/c1-9-10(4-3-5-20-9)17-16(14(8-22)25-21-17)11-6-13(19)15(7-12(11)18)26(2,23)24/h3-7,22H,8H2,1-2H3. The van der Waals surface area contributed by atoms with Crippen molar-refractivity contribution in [1.82, 2.24) is 10.1 Å². The zero-order valence-corrected chi connectivity index (χ0v) is 14.6. The second-order valence-electron chi connectivity index (χ2n) is 5.66. The maximum Gasteiger partial charge on any atom is 0.178 e. The van der Waals surface area contributed by atoms with E-state index in [-0.39, 0.29) is 22.6 Å². The molecule has 0 spiro atoms. The van der Waals surface area contributed by atoms with E-state index in [0.717, 1.165) is 12.3 Å². The van der Waals surface area contributed by atoms with Crippen molar-refractivity contribution in [3.8, 4) is 22.4 Å². The summed E-state index contributed by atoms with van der Waals surface area (Å²) in [7, 11) is -3.94. The minimum atomic E-state index is -3.94. The Morgan fingerprint density at radius 2 is 1.92 bits per heavy atom. The van der Waals surface area contributed by atoms with Crippen LogP contribution in [0.15, 0.2) is 39.9 Å². The summed E-state index contributed by atoms with van der Waals surface area (Å²) in [4.78, 5) is 3.37. The van der Waals surface area contributed by atoms with Crippen molar-refractivity contribution in [2.24, 2.45) is 0 Å². The van der Waals surface area contributed by atoms with Crippen LogP contribution < -0.4 is 0 Å². The van der Waals surface area contributed by atoms with Crippen LogP contribution in [0.25, 0.3) is 22.4 Å². The Balaban J connectivity index is 2.30. The van der Waals surface area contributed by atoms with E-state index >= 15 is 0 Å². The van der Waals surface area contributed by atoms with Gasteiger partial charge in [-0.05, 0) is 31.2 Å². The highest BCUT2D eigenvalue weighted by molar-refractivity contribution is 7.90. The van der Waals surface area contributed by atoms with Crippen molar-refractivity contribution >= 4 is 9.84 Å². The normalized spacial score (nSPS) is 11.7. The fraction of sp³-hybridized carbons (Fsp3) is 0.176. The molecule has 2 aromatic heterocycles. The third-order valence-electron chi connectivity index (χ3n) is 3.86. The van der Waals surface area contributed by atoms with E-state index in [4.69, 9.17) is 4.52 Å². The van der Waals surface area contributed by atoms with E-state index in [0.29, 0.717) is 17.3 Å². The average Bonchev–Trinajstić information content (AvgIpc) is 2.99. The molecule has 0 fully saturated rings. The summed E-state index contributed by atoms with van der Waals surface area (Å²) in [6.07, 6.45) is 2.35. The van der Waals surface area contributed by atoms with Crippen LogP contribution in [0.5, 0.6) is 0 Å². The van der Waals surface area contributed by atoms with Gasteiger partial charge in [-0.25, -0.2) is 17.2 Å². The van der Waals surface area contributed by atoms with Gasteiger partial charge in [0.15, 0.2) is 15.6 Å². The molecule has 6 nitrogen and oxygen atoms in total. The monoisotopic (exact) mass is 380 g/mol. The lowest BCUT2D eigenvalue weighted by molar-refractivity contribution is 0.230. The van der Waals surface area contributed by atoms with Crippen LogP contribution in [0.1, 0.15) is 11.5 Å². The maximum absolute atomic E-state index is 14.6. The van der Waals surface area contributed by atoms with Gasteiger partial charge in [-0.1, -0.05) is 5.16 Å². The van der Waals surface area contributed by atoms with E-state index in [1.807, 2.05) is 0 Å². The first-order valence-electron chi connectivity index (χ1n) is 7.45. The quantitative estimate of drug-likeness (QED) is 0.748. The number of sulfone groups is 1. The lowest BCUT2D eigenvalue weighted by Crippen LogP contribution is -2.03. The Morgan fingerprint density at radius 1 is 1.19 bits per heavy atom. The van der Waals surface area contributed by atoms with E-state index in [1.54, 1.807) is 25.3 Å². The molecule has 0 saturated carbocycles. The zero-order chi connectivity index (χ0) is 19.1. The third-order valence-corrected chi connectivity index (χ3v) is 4.97. The second-order valence-corrected chi connectivity index (χ2v) is 7.64. The molecular formula is C17H14F2N2O4S. The molecule has 0 aliphatic rings. The molecule has 0 radical (unpaired) electrons. The highest BCUT2D eigenvalue weighted by Gasteiger charge is 2.26. The number of pyridine rings is 1. The number of aliphatic hydroxyl groups is 1. The van der Waals surface area contributed by atoms with Crippen molar-refractivity contribution < 1.29 is 26.8 Å². The first kappa shape index (κ1) is 18.2. The van der Waals surface area contributed by atoms with Gasteiger partial charge in [0.1, 0.15) is 28.8 Å². The fourth-order valence-electron chi connectivity index (χ4n) is 2.63. The van der Waals surface area contributed by atoms with Crippen LogP contribution in [-0.4, -0.2) is 29.9 Å². The van der Waals surface area contributed by atoms with Crippen molar-refractivity contribution in [1.29, 1.82) is 0 Å². The smallest absolute Gasteiger partial charge is 0.178 e. The van der Waals surface area contributed by atoms with Gasteiger partial charge in [-0.3, -0.25) is 4.98 Å². The van der Waals surface area contributed by atoms with Gasteiger partial charge in [0.2, 0.25) is 0 Å². The van der Waals surface area contributed by atoms with Gasteiger partial charge in [-0.15, -0.1) is 0 Å². The van der Waals surface area contributed by atoms with Crippen LogP contribution in [-0.2, 0) is 16.4 Å². The fourth-order valence-corrected chi connectivity index (χ4v) is 3.36. The van der Waals surface area contributed by atoms with Gasteiger partial charge in [0, 0.05) is 29.3 Å². The molecule has 3 aromatic rings. The molecule has 0 saturated heterocycles. The third kappa shape index (κ3) is 3.11. The van der Waals surface area contributed by atoms with E-state index in [9.17, 15) is 22.3 Å². The molecule has 0 atom stereocenters. The highest BCUT2D eigenvalue weighted by atomic mass is 32.2. The summed E-state index contributed by atoms with van der Waals surface area (Å²) in [5.74, 6) is -2.16. The number of aryl methyl sites for hydroxylation is 1. The summed E-state index contributed by atoms with van der Waals surface area (Å²) in [5.41, 5.74) is 1.03. The van der Waals surface area contributed by atoms with E-state index in [2.05, 4.69) is 10.1 Å².